The molecule has 0 bridgehead atoms. The van der Waals surface area contributed by atoms with Crippen molar-refractivity contribution in [3.05, 3.63) is 21.9 Å². The fraction of sp³-hybridized carbons (Fsp3) is 0.250. The Hall–Kier alpha value is -1.14. The molecule has 0 radical (unpaired) electrons. The summed E-state index contributed by atoms with van der Waals surface area (Å²) in [5, 5.41) is 10.2. The summed E-state index contributed by atoms with van der Waals surface area (Å²) in [5.74, 6) is -0.0814. The Morgan fingerprint density at radius 3 is 3.00 bits per heavy atom. The molecule has 0 saturated heterocycles. The molecule has 0 spiro atoms. The minimum atomic E-state index is -0.0814. The Balaban J connectivity index is 2.90. The van der Waals surface area contributed by atoms with E-state index in [0.29, 0.717) is 5.56 Å². The van der Waals surface area contributed by atoms with Crippen LogP contribution in [0.15, 0.2) is 11.4 Å². The number of carbonyl (C=O) groups is 1. The lowest BCUT2D eigenvalue weighted by Crippen LogP contribution is -1.88. The van der Waals surface area contributed by atoms with Crippen LogP contribution < -0.4 is 0 Å². The van der Waals surface area contributed by atoms with Gasteiger partial charge in [0.05, 0.1) is 5.56 Å². The molecule has 1 aromatic heterocycles. The molecule has 0 N–H and O–H groups in total. The number of rotatable bonds is 2. The lowest BCUT2D eigenvalue weighted by molar-refractivity contribution is -0.108. The molecule has 1 aromatic rings. The molecule has 1 atom stereocenters. The molecule has 0 aliphatic rings. The fourth-order valence-electron chi connectivity index (χ4n) is 0.717. The zero-order valence-electron chi connectivity index (χ0n) is 6.07. The number of nitriles is 1. The first-order valence-corrected chi connectivity index (χ1v) is 4.09. The van der Waals surface area contributed by atoms with Crippen LogP contribution in [-0.2, 0) is 4.79 Å². The summed E-state index contributed by atoms with van der Waals surface area (Å²) in [7, 11) is 0. The van der Waals surface area contributed by atoms with Gasteiger partial charge >= 0.3 is 0 Å². The highest BCUT2D eigenvalue weighted by atomic mass is 32.1. The largest absolute Gasteiger partial charge is 0.303 e. The van der Waals surface area contributed by atoms with Crippen LogP contribution in [0.3, 0.4) is 0 Å². The number of thiophene rings is 1. The van der Waals surface area contributed by atoms with Gasteiger partial charge in [-0.05, 0) is 6.07 Å². The number of nitrogens with zero attached hydrogens (tertiary/aromatic N) is 1. The van der Waals surface area contributed by atoms with Crippen LogP contribution in [0.2, 0.25) is 0 Å². The maximum Gasteiger partial charge on any atom is 0.127 e. The number of hydrogen-bond donors (Lipinski definition) is 0. The molecule has 0 amide bonds. The highest BCUT2D eigenvalue weighted by molar-refractivity contribution is 7.10. The van der Waals surface area contributed by atoms with Gasteiger partial charge in [-0.2, -0.15) is 5.26 Å². The quantitative estimate of drug-likeness (QED) is 0.628. The van der Waals surface area contributed by atoms with Crippen LogP contribution in [0.25, 0.3) is 0 Å². The molecule has 0 aliphatic carbocycles. The van der Waals surface area contributed by atoms with E-state index >= 15 is 0 Å². The zero-order valence-corrected chi connectivity index (χ0v) is 6.89. The van der Waals surface area contributed by atoms with E-state index in [1.54, 1.807) is 11.4 Å². The second kappa shape index (κ2) is 3.31. The van der Waals surface area contributed by atoms with Crippen molar-refractivity contribution in [3.63, 3.8) is 0 Å². The Kier molecular flexibility index (Phi) is 2.40. The van der Waals surface area contributed by atoms with Crippen molar-refractivity contribution in [2.24, 2.45) is 0 Å². The molecule has 2 nitrogen and oxygen atoms in total. The SMILES string of the molecule is CC(C=O)c1cc(C#N)cs1. The number of aldehydes is 1. The van der Waals surface area contributed by atoms with Gasteiger partial charge in [0.1, 0.15) is 12.4 Å². The van der Waals surface area contributed by atoms with Crippen LogP contribution in [0.4, 0.5) is 0 Å². The minimum Gasteiger partial charge on any atom is -0.303 e. The second-order valence-electron chi connectivity index (χ2n) is 2.27. The van der Waals surface area contributed by atoms with Crippen LogP contribution in [0.5, 0.6) is 0 Å². The third-order valence-electron chi connectivity index (χ3n) is 1.40. The van der Waals surface area contributed by atoms with Gasteiger partial charge in [0.15, 0.2) is 0 Å². The summed E-state index contributed by atoms with van der Waals surface area (Å²) in [4.78, 5) is 11.3. The molecular formula is C8H7NOS. The van der Waals surface area contributed by atoms with Gasteiger partial charge in [-0.1, -0.05) is 6.92 Å². The normalized spacial score (nSPS) is 12.0. The van der Waals surface area contributed by atoms with E-state index in [1.165, 1.54) is 11.3 Å². The highest BCUT2D eigenvalue weighted by Gasteiger charge is 2.06. The third-order valence-corrected chi connectivity index (χ3v) is 2.54. The molecule has 0 aromatic carbocycles. The topological polar surface area (TPSA) is 40.9 Å². The first-order valence-electron chi connectivity index (χ1n) is 3.21. The Bertz CT molecular complexity index is 297. The van der Waals surface area contributed by atoms with E-state index in [0.717, 1.165) is 11.2 Å². The van der Waals surface area contributed by atoms with Crippen molar-refractivity contribution < 1.29 is 4.79 Å². The van der Waals surface area contributed by atoms with E-state index in [2.05, 4.69) is 0 Å². The van der Waals surface area contributed by atoms with Crippen LogP contribution in [0.1, 0.15) is 23.3 Å². The van der Waals surface area contributed by atoms with Crippen molar-refractivity contribution >= 4 is 17.6 Å². The van der Waals surface area contributed by atoms with Gasteiger partial charge in [0.2, 0.25) is 0 Å². The standard InChI is InChI=1S/C8H7NOS/c1-6(4-10)8-2-7(3-9)5-11-8/h2,4-6H,1H3. The van der Waals surface area contributed by atoms with Crippen molar-refractivity contribution in [2.45, 2.75) is 12.8 Å². The first kappa shape index (κ1) is 7.96. The van der Waals surface area contributed by atoms with Gasteiger partial charge in [-0.3, -0.25) is 0 Å². The van der Waals surface area contributed by atoms with Gasteiger partial charge in [-0.15, -0.1) is 11.3 Å². The predicted octanol–water partition coefficient (Wildman–Crippen LogP) is 1.92. The van der Waals surface area contributed by atoms with E-state index < -0.39 is 0 Å². The summed E-state index contributed by atoms with van der Waals surface area (Å²) in [5.41, 5.74) is 0.638. The molecule has 0 saturated carbocycles. The molecule has 1 heterocycles. The zero-order chi connectivity index (χ0) is 8.27. The van der Waals surface area contributed by atoms with Crippen LogP contribution >= 0.6 is 11.3 Å². The summed E-state index contributed by atoms with van der Waals surface area (Å²) in [6.45, 7) is 1.82. The monoisotopic (exact) mass is 165 g/mol. The van der Waals surface area contributed by atoms with Crippen molar-refractivity contribution in [1.29, 1.82) is 5.26 Å². The number of carbonyl (C=O) groups excluding carboxylic acids is 1. The van der Waals surface area contributed by atoms with Gasteiger partial charge < -0.3 is 4.79 Å². The van der Waals surface area contributed by atoms with Crippen LogP contribution in [-0.4, -0.2) is 6.29 Å². The van der Waals surface area contributed by atoms with E-state index in [9.17, 15) is 4.79 Å². The predicted molar refractivity (Wildman–Crippen MR) is 43.5 cm³/mol. The molecule has 11 heavy (non-hydrogen) atoms. The Morgan fingerprint density at radius 1 is 1.82 bits per heavy atom. The average molecular weight is 165 g/mol. The van der Waals surface area contributed by atoms with E-state index in [-0.39, 0.29) is 5.92 Å². The summed E-state index contributed by atoms with van der Waals surface area (Å²) in [6.07, 6.45) is 0.882. The van der Waals surface area contributed by atoms with Crippen molar-refractivity contribution in [3.8, 4) is 6.07 Å². The summed E-state index contributed by atoms with van der Waals surface area (Å²) in [6, 6.07) is 3.77. The van der Waals surface area contributed by atoms with Gasteiger partial charge in [-0.25, -0.2) is 0 Å². The van der Waals surface area contributed by atoms with Crippen molar-refractivity contribution in [1.82, 2.24) is 0 Å². The Labute approximate surface area is 69.1 Å². The lowest BCUT2D eigenvalue weighted by atomic mass is 10.1. The minimum absolute atomic E-state index is 0.0814. The van der Waals surface area contributed by atoms with Crippen molar-refractivity contribution in [2.75, 3.05) is 0 Å². The molecule has 1 unspecified atom stereocenters. The van der Waals surface area contributed by atoms with E-state index in [4.69, 9.17) is 5.26 Å². The molecule has 0 fully saturated rings. The van der Waals surface area contributed by atoms with Crippen LogP contribution in [0, 0.1) is 11.3 Å². The maximum atomic E-state index is 10.3. The summed E-state index contributed by atoms with van der Waals surface area (Å²) < 4.78 is 0. The summed E-state index contributed by atoms with van der Waals surface area (Å²) >= 11 is 1.45. The third kappa shape index (κ3) is 1.66. The van der Waals surface area contributed by atoms with Gasteiger partial charge in [0, 0.05) is 16.2 Å². The molecule has 3 heteroatoms. The highest BCUT2D eigenvalue weighted by Crippen LogP contribution is 2.21. The average Bonchev–Trinajstić information content (AvgIpc) is 2.50. The molecular weight excluding hydrogens is 158 g/mol. The molecule has 56 valence electrons. The molecule has 1 rings (SSSR count). The lowest BCUT2D eigenvalue weighted by Gasteiger charge is -1.94. The second-order valence-corrected chi connectivity index (χ2v) is 3.22. The first-order chi connectivity index (χ1) is 5.27. The number of hydrogen-bond acceptors (Lipinski definition) is 3. The smallest absolute Gasteiger partial charge is 0.127 e. The van der Waals surface area contributed by atoms with E-state index in [1.807, 2.05) is 13.0 Å². The molecule has 0 aliphatic heterocycles. The maximum absolute atomic E-state index is 10.3. The van der Waals surface area contributed by atoms with Gasteiger partial charge in [0.25, 0.3) is 0 Å². The Morgan fingerprint density at radius 2 is 2.55 bits per heavy atom. The fourth-order valence-corrected chi connectivity index (χ4v) is 1.57.